The summed E-state index contributed by atoms with van der Waals surface area (Å²) in [7, 11) is 0. The van der Waals surface area contributed by atoms with Gasteiger partial charge in [0.25, 0.3) is 0 Å². The Kier molecular flexibility index (Phi) is 3.84. The molecule has 3 rings (SSSR count). The van der Waals surface area contributed by atoms with Gasteiger partial charge in [0.1, 0.15) is 11.5 Å². The molecule has 0 amide bonds. The van der Waals surface area contributed by atoms with Gasteiger partial charge in [0.15, 0.2) is 5.78 Å². The van der Waals surface area contributed by atoms with Crippen LogP contribution in [0.25, 0.3) is 0 Å². The van der Waals surface area contributed by atoms with Gasteiger partial charge in [-0.1, -0.05) is 18.2 Å². The van der Waals surface area contributed by atoms with Gasteiger partial charge >= 0.3 is 0 Å². The summed E-state index contributed by atoms with van der Waals surface area (Å²) in [6, 6.07) is 16.8. The predicted molar refractivity (Wildman–Crippen MR) is 85.4 cm³/mol. The van der Waals surface area contributed by atoms with Gasteiger partial charge in [-0.2, -0.15) is 11.3 Å². The van der Waals surface area contributed by atoms with E-state index in [0.29, 0.717) is 5.56 Å². The Hall–Kier alpha value is -2.39. The Morgan fingerprint density at radius 2 is 1.57 bits per heavy atom. The molecule has 1 aromatic heterocycles. The van der Waals surface area contributed by atoms with E-state index in [1.165, 1.54) is 0 Å². The summed E-state index contributed by atoms with van der Waals surface area (Å²) in [6.45, 7) is 1.95. The van der Waals surface area contributed by atoms with Crippen LogP contribution in [-0.4, -0.2) is 5.78 Å². The predicted octanol–water partition coefficient (Wildman–Crippen LogP) is 5.08. The van der Waals surface area contributed by atoms with Gasteiger partial charge in [-0.25, -0.2) is 0 Å². The van der Waals surface area contributed by atoms with Crippen LogP contribution in [0.1, 0.15) is 21.5 Å². The van der Waals surface area contributed by atoms with E-state index in [0.717, 1.165) is 22.6 Å². The fourth-order valence-electron chi connectivity index (χ4n) is 2.05. The Balaban J connectivity index is 1.78. The maximum atomic E-state index is 12.4. The lowest BCUT2D eigenvalue weighted by Crippen LogP contribution is -2.01. The average molecular weight is 294 g/mol. The molecular formula is C18H14O2S. The van der Waals surface area contributed by atoms with Gasteiger partial charge in [0, 0.05) is 16.5 Å². The molecule has 0 spiro atoms. The summed E-state index contributed by atoms with van der Waals surface area (Å²) in [4.78, 5) is 12.4. The van der Waals surface area contributed by atoms with Crippen molar-refractivity contribution >= 4 is 17.1 Å². The van der Waals surface area contributed by atoms with Crippen molar-refractivity contribution in [1.29, 1.82) is 0 Å². The normalized spacial score (nSPS) is 10.3. The van der Waals surface area contributed by atoms with Gasteiger partial charge in [-0.05, 0) is 54.3 Å². The Morgan fingerprint density at radius 3 is 2.19 bits per heavy atom. The summed E-state index contributed by atoms with van der Waals surface area (Å²) in [5.74, 6) is 1.56. The number of benzene rings is 2. The third-order valence-electron chi connectivity index (χ3n) is 3.20. The van der Waals surface area contributed by atoms with Crippen molar-refractivity contribution in [3.63, 3.8) is 0 Å². The van der Waals surface area contributed by atoms with Crippen LogP contribution in [0.4, 0.5) is 0 Å². The van der Waals surface area contributed by atoms with Gasteiger partial charge in [-0.15, -0.1) is 0 Å². The highest BCUT2D eigenvalue weighted by atomic mass is 32.1. The van der Waals surface area contributed by atoms with Crippen LogP contribution < -0.4 is 4.74 Å². The number of rotatable bonds is 4. The van der Waals surface area contributed by atoms with Gasteiger partial charge in [0.2, 0.25) is 0 Å². The standard InChI is InChI=1S/C18H14O2S/c1-13-11-21-12-17(13)18(19)14-7-9-16(10-8-14)20-15-5-3-2-4-6-15/h2-12H,1H3. The Labute approximate surface area is 127 Å². The molecule has 104 valence electrons. The monoisotopic (exact) mass is 294 g/mol. The molecule has 2 nitrogen and oxygen atoms in total. The molecule has 0 saturated heterocycles. The smallest absolute Gasteiger partial charge is 0.194 e. The lowest BCUT2D eigenvalue weighted by atomic mass is 10.0. The SMILES string of the molecule is Cc1cscc1C(=O)c1ccc(Oc2ccccc2)cc1. The van der Waals surface area contributed by atoms with E-state index in [9.17, 15) is 4.79 Å². The second kappa shape index (κ2) is 5.94. The van der Waals surface area contributed by atoms with Crippen LogP contribution in [0, 0.1) is 6.92 Å². The molecule has 0 aliphatic carbocycles. The van der Waals surface area contributed by atoms with Crippen LogP contribution >= 0.6 is 11.3 Å². The lowest BCUT2D eigenvalue weighted by Gasteiger charge is -2.06. The highest BCUT2D eigenvalue weighted by molar-refractivity contribution is 7.08. The molecule has 3 aromatic rings. The summed E-state index contributed by atoms with van der Waals surface area (Å²) in [5.41, 5.74) is 2.48. The van der Waals surface area contributed by atoms with Crippen molar-refractivity contribution in [2.24, 2.45) is 0 Å². The van der Waals surface area contributed by atoms with Crippen LogP contribution in [0.2, 0.25) is 0 Å². The maximum absolute atomic E-state index is 12.4. The minimum absolute atomic E-state index is 0.0556. The number of thiophene rings is 1. The first-order chi connectivity index (χ1) is 10.2. The van der Waals surface area contributed by atoms with E-state index in [1.54, 1.807) is 23.5 Å². The third kappa shape index (κ3) is 3.03. The van der Waals surface area contributed by atoms with Gasteiger partial charge in [0.05, 0.1) is 0 Å². The second-order valence-electron chi connectivity index (χ2n) is 4.74. The third-order valence-corrected chi connectivity index (χ3v) is 4.06. The van der Waals surface area contributed by atoms with Crippen molar-refractivity contribution in [3.05, 3.63) is 82.0 Å². The molecule has 0 fully saturated rings. The van der Waals surface area contributed by atoms with Crippen LogP contribution in [0.3, 0.4) is 0 Å². The van der Waals surface area contributed by atoms with E-state index in [4.69, 9.17) is 4.74 Å². The lowest BCUT2D eigenvalue weighted by molar-refractivity contribution is 0.103. The first-order valence-electron chi connectivity index (χ1n) is 6.64. The van der Waals surface area contributed by atoms with E-state index in [1.807, 2.05) is 60.1 Å². The molecule has 0 N–H and O–H groups in total. The van der Waals surface area contributed by atoms with Crippen LogP contribution in [0.15, 0.2) is 65.4 Å². The second-order valence-corrected chi connectivity index (χ2v) is 5.48. The van der Waals surface area contributed by atoms with Crippen molar-refractivity contribution in [2.75, 3.05) is 0 Å². The molecular weight excluding hydrogens is 280 g/mol. The number of ketones is 1. The molecule has 0 atom stereocenters. The molecule has 1 heterocycles. The largest absolute Gasteiger partial charge is 0.457 e. The topological polar surface area (TPSA) is 26.3 Å². The Morgan fingerprint density at radius 1 is 0.905 bits per heavy atom. The van der Waals surface area contributed by atoms with Crippen molar-refractivity contribution in [3.8, 4) is 11.5 Å². The average Bonchev–Trinajstić information content (AvgIpc) is 2.94. The fraction of sp³-hybridized carbons (Fsp3) is 0.0556. The number of hydrogen-bond donors (Lipinski definition) is 0. The fourth-order valence-corrected chi connectivity index (χ4v) is 2.88. The van der Waals surface area contributed by atoms with Crippen molar-refractivity contribution < 1.29 is 9.53 Å². The first kappa shape index (κ1) is 13.6. The Bertz CT molecular complexity index is 742. The number of carbonyl (C=O) groups is 1. The van der Waals surface area contributed by atoms with Gasteiger partial charge < -0.3 is 4.74 Å². The number of aryl methyl sites for hydroxylation is 1. The molecule has 0 aliphatic rings. The number of carbonyl (C=O) groups excluding carboxylic acids is 1. The van der Waals surface area contributed by atoms with E-state index < -0.39 is 0 Å². The number of ether oxygens (including phenoxy) is 1. The summed E-state index contributed by atoms with van der Waals surface area (Å²) < 4.78 is 5.72. The molecule has 2 aromatic carbocycles. The summed E-state index contributed by atoms with van der Waals surface area (Å²) in [6.07, 6.45) is 0. The highest BCUT2D eigenvalue weighted by Gasteiger charge is 2.12. The quantitative estimate of drug-likeness (QED) is 0.627. The molecule has 0 unspecified atom stereocenters. The minimum atomic E-state index is 0.0556. The van der Waals surface area contributed by atoms with Crippen molar-refractivity contribution in [1.82, 2.24) is 0 Å². The van der Waals surface area contributed by atoms with Gasteiger partial charge in [-0.3, -0.25) is 4.79 Å². The zero-order valence-corrected chi connectivity index (χ0v) is 12.4. The maximum Gasteiger partial charge on any atom is 0.194 e. The summed E-state index contributed by atoms with van der Waals surface area (Å²) >= 11 is 1.55. The molecule has 3 heteroatoms. The molecule has 0 bridgehead atoms. The first-order valence-corrected chi connectivity index (χ1v) is 7.59. The molecule has 0 aliphatic heterocycles. The zero-order valence-electron chi connectivity index (χ0n) is 11.6. The summed E-state index contributed by atoms with van der Waals surface area (Å²) in [5, 5.41) is 3.88. The van der Waals surface area contributed by atoms with E-state index in [-0.39, 0.29) is 5.78 Å². The molecule has 0 radical (unpaired) electrons. The minimum Gasteiger partial charge on any atom is -0.457 e. The zero-order chi connectivity index (χ0) is 14.7. The van der Waals surface area contributed by atoms with Crippen LogP contribution in [0.5, 0.6) is 11.5 Å². The molecule has 0 saturated carbocycles. The molecule has 21 heavy (non-hydrogen) atoms. The van der Waals surface area contributed by atoms with Crippen molar-refractivity contribution in [2.45, 2.75) is 6.92 Å². The van der Waals surface area contributed by atoms with E-state index in [2.05, 4.69) is 0 Å². The van der Waals surface area contributed by atoms with E-state index >= 15 is 0 Å². The highest BCUT2D eigenvalue weighted by Crippen LogP contribution is 2.23. The van der Waals surface area contributed by atoms with Crippen LogP contribution in [-0.2, 0) is 0 Å². The number of hydrogen-bond acceptors (Lipinski definition) is 3. The number of para-hydroxylation sites is 1.